The second-order valence-corrected chi connectivity index (χ2v) is 5.87. The Morgan fingerprint density at radius 1 is 1.20 bits per heavy atom. The molecule has 0 aromatic heterocycles. The largest absolute Gasteiger partial charge is 0.363 e. The van der Waals surface area contributed by atoms with E-state index in [1.165, 1.54) is 12.8 Å². The zero-order chi connectivity index (χ0) is 14.4. The molecule has 2 rings (SSSR count). The Labute approximate surface area is 122 Å². The summed E-state index contributed by atoms with van der Waals surface area (Å²) in [6, 6.07) is 10.5. The van der Waals surface area contributed by atoms with Crippen LogP contribution in [0.3, 0.4) is 0 Å². The van der Waals surface area contributed by atoms with Crippen molar-refractivity contribution in [2.45, 2.75) is 45.6 Å². The van der Waals surface area contributed by atoms with E-state index in [0.29, 0.717) is 12.6 Å². The first-order valence-corrected chi connectivity index (χ1v) is 7.78. The van der Waals surface area contributed by atoms with Crippen LogP contribution in [0.5, 0.6) is 0 Å². The quantitative estimate of drug-likeness (QED) is 0.894. The van der Waals surface area contributed by atoms with Gasteiger partial charge in [0, 0.05) is 18.3 Å². The molecule has 3 heteroatoms. The third kappa shape index (κ3) is 4.26. The maximum atomic E-state index is 12.2. The normalized spacial score (nSPS) is 22.3. The number of anilines is 1. The van der Waals surface area contributed by atoms with Crippen molar-refractivity contribution in [1.82, 2.24) is 5.32 Å². The van der Waals surface area contributed by atoms with Gasteiger partial charge in [0.15, 0.2) is 0 Å². The third-order valence-corrected chi connectivity index (χ3v) is 4.22. The fraction of sp³-hybridized carbons (Fsp3) is 0.588. The molecule has 3 nitrogen and oxygen atoms in total. The Balaban J connectivity index is 1.84. The monoisotopic (exact) mass is 274 g/mol. The second-order valence-electron chi connectivity index (χ2n) is 5.87. The number of hydrogen-bond acceptors (Lipinski definition) is 2. The molecular formula is C17H26N2O. The summed E-state index contributed by atoms with van der Waals surface area (Å²) in [5.41, 5.74) is 1.11. The molecule has 1 amide bonds. The molecular weight excluding hydrogens is 248 g/mol. The van der Waals surface area contributed by atoms with Gasteiger partial charge in [0.2, 0.25) is 5.91 Å². The first-order valence-electron chi connectivity index (χ1n) is 7.78. The van der Waals surface area contributed by atoms with Crippen LogP contribution in [0.2, 0.25) is 0 Å². The van der Waals surface area contributed by atoms with Crippen molar-refractivity contribution in [3.05, 3.63) is 30.3 Å². The van der Waals surface area contributed by atoms with Crippen LogP contribution in [-0.2, 0) is 4.79 Å². The summed E-state index contributed by atoms with van der Waals surface area (Å²) in [6.07, 6.45) is 4.73. The molecule has 0 spiro atoms. The third-order valence-electron chi connectivity index (χ3n) is 4.22. The number of nitrogens with one attached hydrogen (secondary N) is 1. The van der Waals surface area contributed by atoms with Gasteiger partial charge in [-0.05, 0) is 50.7 Å². The first kappa shape index (κ1) is 14.9. The zero-order valence-corrected chi connectivity index (χ0v) is 12.6. The lowest BCUT2D eigenvalue weighted by molar-refractivity contribution is -0.120. The SMILES string of the molecule is CCN(CC(=O)NC1CCC(C)CC1)c1ccccc1. The second kappa shape index (κ2) is 7.32. The Kier molecular flexibility index (Phi) is 5.45. The van der Waals surface area contributed by atoms with Crippen LogP contribution in [0, 0.1) is 5.92 Å². The predicted octanol–water partition coefficient (Wildman–Crippen LogP) is 3.21. The lowest BCUT2D eigenvalue weighted by Gasteiger charge is -2.28. The standard InChI is InChI=1S/C17H26N2O/c1-3-19(16-7-5-4-6-8-16)13-17(20)18-15-11-9-14(2)10-12-15/h4-8,14-15H,3,9-13H2,1-2H3,(H,18,20). The van der Waals surface area contributed by atoms with E-state index in [4.69, 9.17) is 0 Å². The maximum Gasteiger partial charge on any atom is 0.239 e. The van der Waals surface area contributed by atoms with Crippen LogP contribution in [0.1, 0.15) is 39.5 Å². The predicted molar refractivity (Wildman–Crippen MR) is 83.9 cm³/mol. The molecule has 0 bridgehead atoms. The number of para-hydroxylation sites is 1. The van der Waals surface area contributed by atoms with E-state index < -0.39 is 0 Å². The summed E-state index contributed by atoms with van der Waals surface area (Å²) in [5, 5.41) is 3.19. The van der Waals surface area contributed by atoms with Crippen molar-refractivity contribution in [2.75, 3.05) is 18.0 Å². The van der Waals surface area contributed by atoms with Gasteiger partial charge < -0.3 is 10.2 Å². The number of carbonyl (C=O) groups is 1. The van der Waals surface area contributed by atoms with Crippen molar-refractivity contribution in [3.63, 3.8) is 0 Å². The summed E-state index contributed by atoms with van der Waals surface area (Å²) < 4.78 is 0. The van der Waals surface area contributed by atoms with Crippen LogP contribution in [0.15, 0.2) is 30.3 Å². The molecule has 0 radical (unpaired) electrons. The van der Waals surface area contributed by atoms with Gasteiger partial charge in [0.25, 0.3) is 0 Å². The van der Waals surface area contributed by atoms with Gasteiger partial charge in [-0.25, -0.2) is 0 Å². The summed E-state index contributed by atoms with van der Waals surface area (Å²) in [6.45, 7) is 5.68. The highest BCUT2D eigenvalue weighted by Crippen LogP contribution is 2.23. The van der Waals surface area contributed by atoms with Crippen LogP contribution in [-0.4, -0.2) is 25.0 Å². The van der Waals surface area contributed by atoms with E-state index in [1.54, 1.807) is 0 Å². The molecule has 1 saturated carbocycles. The molecule has 110 valence electrons. The highest BCUT2D eigenvalue weighted by atomic mass is 16.2. The molecule has 20 heavy (non-hydrogen) atoms. The van der Waals surface area contributed by atoms with Crippen LogP contribution in [0.25, 0.3) is 0 Å². The molecule has 0 atom stereocenters. The van der Waals surface area contributed by atoms with Gasteiger partial charge in [0.05, 0.1) is 6.54 Å². The fourth-order valence-electron chi connectivity index (χ4n) is 2.88. The van der Waals surface area contributed by atoms with E-state index in [0.717, 1.165) is 31.0 Å². The molecule has 0 aliphatic heterocycles. The molecule has 1 aliphatic rings. The van der Waals surface area contributed by atoms with Gasteiger partial charge in [-0.2, -0.15) is 0 Å². The lowest BCUT2D eigenvalue weighted by Crippen LogP contribution is -2.43. The number of amides is 1. The molecule has 1 aromatic rings. The Hall–Kier alpha value is -1.51. The Morgan fingerprint density at radius 3 is 2.45 bits per heavy atom. The summed E-state index contributed by atoms with van der Waals surface area (Å²) in [5.74, 6) is 0.967. The topological polar surface area (TPSA) is 32.3 Å². The van der Waals surface area contributed by atoms with Gasteiger partial charge in [-0.15, -0.1) is 0 Å². The van der Waals surface area contributed by atoms with Gasteiger partial charge >= 0.3 is 0 Å². The van der Waals surface area contributed by atoms with E-state index >= 15 is 0 Å². The number of benzene rings is 1. The minimum atomic E-state index is 0.148. The number of carbonyl (C=O) groups excluding carboxylic acids is 1. The summed E-state index contributed by atoms with van der Waals surface area (Å²) >= 11 is 0. The van der Waals surface area contributed by atoms with Gasteiger partial charge in [0.1, 0.15) is 0 Å². The molecule has 1 aliphatic carbocycles. The molecule has 0 unspecified atom stereocenters. The minimum Gasteiger partial charge on any atom is -0.363 e. The van der Waals surface area contributed by atoms with Crippen LogP contribution in [0.4, 0.5) is 5.69 Å². The summed E-state index contributed by atoms with van der Waals surface area (Å²) in [4.78, 5) is 14.3. The highest BCUT2D eigenvalue weighted by Gasteiger charge is 2.20. The van der Waals surface area contributed by atoms with Crippen LogP contribution < -0.4 is 10.2 Å². The van der Waals surface area contributed by atoms with E-state index in [1.807, 2.05) is 18.2 Å². The Morgan fingerprint density at radius 2 is 1.85 bits per heavy atom. The summed E-state index contributed by atoms with van der Waals surface area (Å²) in [7, 11) is 0. The van der Waals surface area contributed by atoms with Crippen molar-refractivity contribution in [1.29, 1.82) is 0 Å². The van der Waals surface area contributed by atoms with Gasteiger partial charge in [-0.1, -0.05) is 25.1 Å². The number of likely N-dealkylation sites (N-methyl/N-ethyl adjacent to an activating group) is 1. The smallest absolute Gasteiger partial charge is 0.239 e. The average Bonchev–Trinajstić information content (AvgIpc) is 2.48. The molecule has 1 N–H and O–H groups in total. The fourth-order valence-corrected chi connectivity index (χ4v) is 2.88. The highest BCUT2D eigenvalue weighted by molar-refractivity contribution is 5.81. The van der Waals surface area contributed by atoms with Crippen LogP contribution >= 0.6 is 0 Å². The minimum absolute atomic E-state index is 0.148. The Bertz CT molecular complexity index is 410. The van der Waals surface area contributed by atoms with Crippen molar-refractivity contribution < 1.29 is 4.79 Å². The first-order chi connectivity index (χ1) is 9.69. The number of hydrogen-bond donors (Lipinski definition) is 1. The molecule has 1 aromatic carbocycles. The van der Waals surface area contributed by atoms with Crippen molar-refractivity contribution in [3.8, 4) is 0 Å². The van der Waals surface area contributed by atoms with E-state index in [2.05, 4.69) is 36.2 Å². The van der Waals surface area contributed by atoms with Crippen molar-refractivity contribution >= 4 is 11.6 Å². The van der Waals surface area contributed by atoms with Gasteiger partial charge in [-0.3, -0.25) is 4.79 Å². The van der Waals surface area contributed by atoms with E-state index in [-0.39, 0.29) is 5.91 Å². The molecule has 1 fully saturated rings. The average molecular weight is 274 g/mol. The van der Waals surface area contributed by atoms with Crippen molar-refractivity contribution in [2.24, 2.45) is 5.92 Å². The number of nitrogens with zero attached hydrogens (tertiary/aromatic N) is 1. The molecule has 0 heterocycles. The maximum absolute atomic E-state index is 12.2. The zero-order valence-electron chi connectivity index (χ0n) is 12.6. The number of rotatable bonds is 5. The lowest BCUT2D eigenvalue weighted by atomic mass is 9.87. The van der Waals surface area contributed by atoms with E-state index in [9.17, 15) is 4.79 Å². The molecule has 0 saturated heterocycles.